The molecule has 0 bridgehead atoms. The van der Waals surface area contributed by atoms with Gasteiger partial charge in [-0.05, 0) is 43.0 Å². The third-order valence-electron chi connectivity index (χ3n) is 4.26. The Balaban J connectivity index is 1.60. The standard InChI is InChI=1S/C19H22N2O2/c20-18-11-4-6-14(18)12-19(22)21-15-7-5-10-17(13-15)23-16-8-2-1-3-9-16/h1-3,5,7-10,13-14,18H,4,6,11-12,20H2,(H,21,22)/t14-,18+/m0/s1. The number of para-hydroxylation sites is 1. The fraction of sp³-hybridized carbons (Fsp3) is 0.316. The molecule has 120 valence electrons. The van der Waals surface area contributed by atoms with Crippen molar-refractivity contribution >= 4 is 11.6 Å². The van der Waals surface area contributed by atoms with Crippen LogP contribution in [0.15, 0.2) is 54.6 Å². The summed E-state index contributed by atoms with van der Waals surface area (Å²) in [5, 5.41) is 2.94. The van der Waals surface area contributed by atoms with E-state index >= 15 is 0 Å². The Labute approximate surface area is 136 Å². The summed E-state index contributed by atoms with van der Waals surface area (Å²) in [6.07, 6.45) is 3.69. The fourth-order valence-corrected chi connectivity index (χ4v) is 3.03. The van der Waals surface area contributed by atoms with Gasteiger partial charge in [0, 0.05) is 24.2 Å². The lowest BCUT2D eigenvalue weighted by molar-refractivity contribution is -0.117. The van der Waals surface area contributed by atoms with E-state index in [4.69, 9.17) is 10.5 Å². The first kappa shape index (κ1) is 15.6. The lowest BCUT2D eigenvalue weighted by Crippen LogP contribution is -2.28. The van der Waals surface area contributed by atoms with Crippen molar-refractivity contribution < 1.29 is 9.53 Å². The summed E-state index contributed by atoms with van der Waals surface area (Å²) in [5.74, 6) is 1.79. The molecule has 0 heterocycles. The second-order valence-electron chi connectivity index (χ2n) is 6.05. The van der Waals surface area contributed by atoms with E-state index in [1.165, 1.54) is 0 Å². The number of carbonyl (C=O) groups excluding carboxylic acids is 1. The topological polar surface area (TPSA) is 64.4 Å². The summed E-state index contributed by atoms with van der Waals surface area (Å²) < 4.78 is 5.78. The van der Waals surface area contributed by atoms with E-state index in [1.54, 1.807) is 0 Å². The molecular formula is C19H22N2O2. The maximum atomic E-state index is 12.2. The van der Waals surface area contributed by atoms with Gasteiger partial charge < -0.3 is 15.8 Å². The quantitative estimate of drug-likeness (QED) is 0.879. The van der Waals surface area contributed by atoms with Gasteiger partial charge in [-0.2, -0.15) is 0 Å². The Morgan fingerprint density at radius 3 is 2.61 bits per heavy atom. The minimum absolute atomic E-state index is 0.0178. The van der Waals surface area contributed by atoms with Gasteiger partial charge in [0.05, 0.1) is 0 Å². The number of nitrogens with one attached hydrogen (secondary N) is 1. The molecule has 1 saturated carbocycles. The van der Waals surface area contributed by atoms with Crippen LogP contribution in [-0.4, -0.2) is 11.9 Å². The van der Waals surface area contributed by atoms with Crippen LogP contribution < -0.4 is 15.8 Å². The fourth-order valence-electron chi connectivity index (χ4n) is 3.03. The average Bonchev–Trinajstić information content (AvgIpc) is 2.93. The molecule has 2 aromatic rings. The summed E-state index contributed by atoms with van der Waals surface area (Å²) in [4.78, 5) is 12.2. The van der Waals surface area contributed by atoms with E-state index in [1.807, 2.05) is 54.6 Å². The molecule has 3 N–H and O–H groups in total. The van der Waals surface area contributed by atoms with E-state index in [2.05, 4.69) is 5.32 Å². The van der Waals surface area contributed by atoms with E-state index in [0.717, 1.165) is 30.7 Å². The molecule has 3 rings (SSSR count). The molecule has 4 nitrogen and oxygen atoms in total. The number of hydrogen-bond acceptors (Lipinski definition) is 3. The van der Waals surface area contributed by atoms with Crippen molar-refractivity contribution in [2.75, 3.05) is 5.32 Å². The van der Waals surface area contributed by atoms with Gasteiger partial charge in [-0.25, -0.2) is 0 Å². The van der Waals surface area contributed by atoms with Crippen LogP contribution in [0.4, 0.5) is 5.69 Å². The molecule has 0 aliphatic heterocycles. The first-order valence-corrected chi connectivity index (χ1v) is 8.09. The van der Waals surface area contributed by atoms with Crippen molar-refractivity contribution in [3.8, 4) is 11.5 Å². The van der Waals surface area contributed by atoms with Crippen molar-refractivity contribution in [3.63, 3.8) is 0 Å². The molecule has 1 amide bonds. The Bertz CT molecular complexity index is 657. The smallest absolute Gasteiger partial charge is 0.224 e. The normalized spacial score (nSPS) is 20.2. The summed E-state index contributed by atoms with van der Waals surface area (Å²) >= 11 is 0. The third-order valence-corrected chi connectivity index (χ3v) is 4.26. The summed E-state index contributed by atoms with van der Waals surface area (Å²) in [6, 6.07) is 17.2. The monoisotopic (exact) mass is 310 g/mol. The summed E-state index contributed by atoms with van der Waals surface area (Å²) in [7, 11) is 0. The Kier molecular flexibility index (Phi) is 4.93. The zero-order valence-corrected chi connectivity index (χ0v) is 13.1. The Hall–Kier alpha value is -2.33. The second kappa shape index (κ2) is 7.29. The van der Waals surface area contributed by atoms with Crippen LogP contribution in [0.3, 0.4) is 0 Å². The highest BCUT2D eigenvalue weighted by Crippen LogP contribution is 2.28. The van der Waals surface area contributed by atoms with E-state index in [-0.39, 0.29) is 11.9 Å². The molecule has 0 unspecified atom stereocenters. The molecule has 1 aliphatic carbocycles. The maximum Gasteiger partial charge on any atom is 0.224 e. The zero-order valence-electron chi connectivity index (χ0n) is 13.1. The number of amides is 1. The molecule has 0 saturated heterocycles. The zero-order chi connectivity index (χ0) is 16.1. The number of anilines is 1. The van der Waals surface area contributed by atoms with Crippen LogP contribution in [0.1, 0.15) is 25.7 Å². The van der Waals surface area contributed by atoms with Gasteiger partial charge in [-0.15, -0.1) is 0 Å². The maximum absolute atomic E-state index is 12.2. The lowest BCUT2D eigenvalue weighted by Gasteiger charge is -2.15. The molecule has 0 spiro atoms. The molecular weight excluding hydrogens is 288 g/mol. The van der Waals surface area contributed by atoms with E-state index in [9.17, 15) is 4.79 Å². The number of ether oxygens (including phenoxy) is 1. The number of nitrogens with two attached hydrogens (primary N) is 1. The number of rotatable bonds is 5. The first-order valence-electron chi connectivity index (χ1n) is 8.09. The van der Waals surface area contributed by atoms with Crippen molar-refractivity contribution in [3.05, 3.63) is 54.6 Å². The Morgan fingerprint density at radius 1 is 1.09 bits per heavy atom. The van der Waals surface area contributed by atoms with Crippen LogP contribution in [0.25, 0.3) is 0 Å². The molecule has 2 aromatic carbocycles. The SMILES string of the molecule is N[C@@H]1CCC[C@H]1CC(=O)Nc1cccc(Oc2ccccc2)c1. The molecule has 0 radical (unpaired) electrons. The third kappa shape index (κ3) is 4.33. The Morgan fingerprint density at radius 2 is 1.87 bits per heavy atom. The number of benzene rings is 2. The van der Waals surface area contributed by atoms with Gasteiger partial charge in [0.15, 0.2) is 0 Å². The van der Waals surface area contributed by atoms with Gasteiger partial charge in [-0.3, -0.25) is 4.79 Å². The summed E-state index contributed by atoms with van der Waals surface area (Å²) in [6.45, 7) is 0. The van der Waals surface area contributed by atoms with E-state index in [0.29, 0.717) is 18.1 Å². The highest BCUT2D eigenvalue weighted by Gasteiger charge is 2.25. The van der Waals surface area contributed by atoms with Gasteiger partial charge in [0.1, 0.15) is 11.5 Å². The van der Waals surface area contributed by atoms with Crippen LogP contribution in [0.5, 0.6) is 11.5 Å². The molecule has 2 atom stereocenters. The largest absolute Gasteiger partial charge is 0.457 e. The number of carbonyl (C=O) groups is 1. The molecule has 1 aliphatic rings. The first-order chi connectivity index (χ1) is 11.2. The van der Waals surface area contributed by atoms with Crippen LogP contribution in [0.2, 0.25) is 0 Å². The van der Waals surface area contributed by atoms with Gasteiger partial charge in [0.2, 0.25) is 5.91 Å². The van der Waals surface area contributed by atoms with Crippen molar-refractivity contribution in [1.82, 2.24) is 0 Å². The number of hydrogen-bond donors (Lipinski definition) is 2. The summed E-state index contributed by atoms with van der Waals surface area (Å²) in [5.41, 5.74) is 6.78. The molecule has 4 heteroatoms. The van der Waals surface area contributed by atoms with Crippen molar-refractivity contribution in [2.45, 2.75) is 31.7 Å². The van der Waals surface area contributed by atoms with Gasteiger partial charge in [-0.1, -0.05) is 30.7 Å². The van der Waals surface area contributed by atoms with Gasteiger partial charge in [0.25, 0.3) is 0 Å². The predicted octanol–water partition coefficient (Wildman–Crippen LogP) is 3.93. The second-order valence-corrected chi connectivity index (χ2v) is 6.05. The van der Waals surface area contributed by atoms with Gasteiger partial charge >= 0.3 is 0 Å². The average molecular weight is 310 g/mol. The molecule has 0 aromatic heterocycles. The molecule has 23 heavy (non-hydrogen) atoms. The highest BCUT2D eigenvalue weighted by molar-refractivity contribution is 5.91. The van der Waals surface area contributed by atoms with Crippen molar-refractivity contribution in [1.29, 1.82) is 0 Å². The van der Waals surface area contributed by atoms with Crippen LogP contribution in [0, 0.1) is 5.92 Å². The van der Waals surface area contributed by atoms with Crippen molar-refractivity contribution in [2.24, 2.45) is 11.7 Å². The minimum Gasteiger partial charge on any atom is -0.457 e. The molecule has 1 fully saturated rings. The predicted molar refractivity (Wildman–Crippen MR) is 91.5 cm³/mol. The highest BCUT2D eigenvalue weighted by atomic mass is 16.5. The van der Waals surface area contributed by atoms with Crippen LogP contribution >= 0.6 is 0 Å². The van der Waals surface area contributed by atoms with E-state index < -0.39 is 0 Å². The van der Waals surface area contributed by atoms with Crippen LogP contribution in [-0.2, 0) is 4.79 Å². The lowest BCUT2D eigenvalue weighted by atomic mass is 10.00. The minimum atomic E-state index is 0.0178.